The van der Waals surface area contributed by atoms with E-state index < -0.39 is 0 Å². The normalized spacial score (nSPS) is 12.3. The topological polar surface area (TPSA) is 71.1 Å². The number of ether oxygens (including phenoxy) is 2. The molecular weight excluding hydrogens is 310 g/mol. The van der Waals surface area contributed by atoms with Gasteiger partial charge in [0.15, 0.2) is 11.5 Å². The second-order valence-electron chi connectivity index (χ2n) is 6.02. The molecule has 0 spiro atoms. The molecule has 24 heavy (non-hydrogen) atoms. The van der Waals surface area contributed by atoms with Crippen molar-refractivity contribution in [1.82, 2.24) is 15.1 Å². The monoisotopic (exact) mass is 335 g/mol. The number of carbonyl (C=O) groups excluding carboxylic acids is 2. The molecule has 1 aliphatic heterocycles. The van der Waals surface area contributed by atoms with Crippen molar-refractivity contribution in [2.75, 3.05) is 40.5 Å². The summed E-state index contributed by atoms with van der Waals surface area (Å²) in [6.07, 6.45) is 0.289. The average molecular weight is 335 g/mol. The third kappa shape index (κ3) is 5.42. The predicted octanol–water partition coefficient (Wildman–Crippen LogP) is 0.832. The third-order valence-electron chi connectivity index (χ3n) is 3.80. The molecule has 0 radical (unpaired) electrons. The number of hydrogen-bond acceptors (Lipinski definition) is 5. The van der Waals surface area contributed by atoms with Crippen molar-refractivity contribution in [3.63, 3.8) is 0 Å². The lowest BCUT2D eigenvalue weighted by Gasteiger charge is -2.22. The fourth-order valence-corrected chi connectivity index (χ4v) is 2.32. The molecule has 0 fully saturated rings. The van der Waals surface area contributed by atoms with Gasteiger partial charge in [0.05, 0.1) is 0 Å². The van der Waals surface area contributed by atoms with E-state index in [4.69, 9.17) is 9.47 Å². The lowest BCUT2D eigenvalue weighted by atomic mass is 10.2. The van der Waals surface area contributed by atoms with Gasteiger partial charge in [-0.3, -0.25) is 9.59 Å². The summed E-state index contributed by atoms with van der Waals surface area (Å²) in [5, 5.41) is 2.87. The Morgan fingerprint density at radius 1 is 1.12 bits per heavy atom. The third-order valence-corrected chi connectivity index (χ3v) is 3.80. The Labute approximate surface area is 142 Å². The Hall–Kier alpha value is -2.28. The smallest absolute Gasteiger partial charge is 0.231 e. The number of likely N-dealkylation sites (N-methyl/N-ethyl adjacent to an activating group) is 1. The molecule has 0 saturated carbocycles. The van der Waals surface area contributed by atoms with E-state index in [1.165, 1.54) is 6.92 Å². The van der Waals surface area contributed by atoms with E-state index in [-0.39, 0.29) is 25.0 Å². The molecule has 2 amide bonds. The van der Waals surface area contributed by atoms with Crippen molar-refractivity contribution in [3.05, 3.63) is 23.8 Å². The zero-order chi connectivity index (χ0) is 17.5. The molecule has 132 valence electrons. The van der Waals surface area contributed by atoms with Gasteiger partial charge in [0.25, 0.3) is 0 Å². The quantitative estimate of drug-likeness (QED) is 0.762. The average Bonchev–Trinajstić information content (AvgIpc) is 2.99. The molecule has 7 heteroatoms. The van der Waals surface area contributed by atoms with Gasteiger partial charge in [-0.25, -0.2) is 0 Å². The largest absolute Gasteiger partial charge is 0.454 e. The number of amides is 2. The van der Waals surface area contributed by atoms with Crippen molar-refractivity contribution in [2.45, 2.75) is 19.9 Å². The Bertz CT molecular complexity index is 589. The molecule has 0 saturated heterocycles. The van der Waals surface area contributed by atoms with Gasteiger partial charge in [0.2, 0.25) is 18.6 Å². The first-order valence-corrected chi connectivity index (χ1v) is 8.01. The highest BCUT2D eigenvalue weighted by Crippen LogP contribution is 2.32. The van der Waals surface area contributed by atoms with Crippen LogP contribution >= 0.6 is 0 Å². The van der Waals surface area contributed by atoms with Gasteiger partial charge in [0, 0.05) is 39.5 Å². The second kappa shape index (κ2) is 8.54. The van der Waals surface area contributed by atoms with Gasteiger partial charge < -0.3 is 24.6 Å². The summed E-state index contributed by atoms with van der Waals surface area (Å²) >= 11 is 0. The highest BCUT2D eigenvalue weighted by molar-refractivity contribution is 5.78. The van der Waals surface area contributed by atoms with E-state index in [2.05, 4.69) is 5.32 Å². The molecule has 0 aliphatic carbocycles. The van der Waals surface area contributed by atoms with Crippen LogP contribution in [0.3, 0.4) is 0 Å². The van der Waals surface area contributed by atoms with E-state index in [1.54, 1.807) is 4.90 Å². The second-order valence-corrected chi connectivity index (χ2v) is 6.02. The molecule has 7 nitrogen and oxygen atoms in total. The minimum Gasteiger partial charge on any atom is -0.454 e. The van der Waals surface area contributed by atoms with Crippen LogP contribution in [-0.4, -0.2) is 62.1 Å². The summed E-state index contributed by atoms with van der Waals surface area (Å²) in [6.45, 7) is 4.01. The molecular formula is C17H25N3O4. The zero-order valence-electron chi connectivity index (χ0n) is 14.5. The minimum absolute atomic E-state index is 0.0135. The molecule has 0 unspecified atom stereocenters. The van der Waals surface area contributed by atoms with Crippen LogP contribution in [-0.2, 0) is 16.1 Å². The van der Waals surface area contributed by atoms with Crippen LogP contribution in [0.2, 0.25) is 0 Å². The van der Waals surface area contributed by atoms with Crippen LogP contribution in [0.25, 0.3) is 0 Å². The standard InChI is InChI=1S/C17H25N3O4/c1-13(21)20(9-8-19(2)3)7-6-17(22)18-11-14-4-5-15-16(10-14)24-12-23-15/h4-5,10H,6-9,11-12H2,1-3H3,(H,18,22). The molecule has 1 aromatic carbocycles. The molecule has 1 aromatic rings. The maximum atomic E-state index is 12.0. The van der Waals surface area contributed by atoms with E-state index >= 15 is 0 Å². The summed E-state index contributed by atoms with van der Waals surface area (Å²) in [5.74, 6) is 1.33. The highest BCUT2D eigenvalue weighted by Gasteiger charge is 2.14. The Balaban J connectivity index is 1.75. The van der Waals surface area contributed by atoms with Gasteiger partial charge in [0.1, 0.15) is 0 Å². The number of nitrogens with zero attached hydrogens (tertiary/aromatic N) is 2. The van der Waals surface area contributed by atoms with Crippen LogP contribution in [0.4, 0.5) is 0 Å². The molecule has 1 aliphatic rings. The first kappa shape index (κ1) is 18.1. The van der Waals surface area contributed by atoms with Crippen molar-refractivity contribution in [3.8, 4) is 11.5 Å². The Morgan fingerprint density at radius 2 is 1.88 bits per heavy atom. The van der Waals surface area contributed by atoms with Crippen molar-refractivity contribution >= 4 is 11.8 Å². The van der Waals surface area contributed by atoms with E-state index in [0.29, 0.717) is 25.4 Å². The fourth-order valence-electron chi connectivity index (χ4n) is 2.32. The molecule has 1 heterocycles. The number of hydrogen-bond donors (Lipinski definition) is 1. The zero-order valence-corrected chi connectivity index (χ0v) is 14.5. The molecule has 1 N–H and O–H groups in total. The minimum atomic E-state index is -0.0798. The molecule has 0 atom stereocenters. The van der Waals surface area contributed by atoms with Crippen molar-refractivity contribution < 1.29 is 19.1 Å². The summed E-state index contributed by atoms with van der Waals surface area (Å²) in [4.78, 5) is 27.3. The van der Waals surface area contributed by atoms with Crippen LogP contribution in [0.1, 0.15) is 18.9 Å². The predicted molar refractivity (Wildman–Crippen MR) is 89.8 cm³/mol. The van der Waals surface area contributed by atoms with Gasteiger partial charge in [-0.15, -0.1) is 0 Å². The van der Waals surface area contributed by atoms with Crippen molar-refractivity contribution in [2.24, 2.45) is 0 Å². The van der Waals surface area contributed by atoms with Crippen molar-refractivity contribution in [1.29, 1.82) is 0 Å². The number of carbonyl (C=O) groups is 2. The summed E-state index contributed by atoms with van der Waals surface area (Å²) in [7, 11) is 3.91. The fraction of sp³-hybridized carbons (Fsp3) is 0.529. The van der Waals surface area contributed by atoms with Crippen LogP contribution in [0.15, 0.2) is 18.2 Å². The van der Waals surface area contributed by atoms with Gasteiger partial charge in [-0.05, 0) is 31.8 Å². The lowest BCUT2D eigenvalue weighted by molar-refractivity contribution is -0.129. The van der Waals surface area contributed by atoms with Gasteiger partial charge in [-0.1, -0.05) is 6.07 Å². The first-order chi connectivity index (χ1) is 11.5. The lowest BCUT2D eigenvalue weighted by Crippen LogP contribution is -2.38. The Kier molecular flexibility index (Phi) is 6.43. The summed E-state index contributed by atoms with van der Waals surface area (Å²) in [5.41, 5.74) is 0.948. The maximum Gasteiger partial charge on any atom is 0.231 e. The first-order valence-electron chi connectivity index (χ1n) is 8.01. The number of rotatable bonds is 8. The van der Waals surface area contributed by atoms with E-state index in [0.717, 1.165) is 17.9 Å². The van der Waals surface area contributed by atoms with E-state index in [1.807, 2.05) is 37.2 Å². The molecule has 2 rings (SSSR count). The van der Waals surface area contributed by atoms with Crippen LogP contribution < -0.4 is 14.8 Å². The van der Waals surface area contributed by atoms with E-state index in [9.17, 15) is 9.59 Å². The van der Waals surface area contributed by atoms with Crippen LogP contribution in [0, 0.1) is 0 Å². The van der Waals surface area contributed by atoms with Gasteiger partial charge >= 0.3 is 0 Å². The van der Waals surface area contributed by atoms with Gasteiger partial charge in [-0.2, -0.15) is 0 Å². The molecule has 0 aromatic heterocycles. The highest BCUT2D eigenvalue weighted by atomic mass is 16.7. The summed E-state index contributed by atoms with van der Waals surface area (Å²) < 4.78 is 10.6. The SMILES string of the molecule is CC(=O)N(CCC(=O)NCc1ccc2c(c1)OCO2)CCN(C)C. The number of nitrogens with one attached hydrogen (secondary N) is 1. The number of fused-ring (bicyclic) bond motifs is 1. The maximum absolute atomic E-state index is 12.0. The molecule has 0 bridgehead atoms. The summed E-state index contributed by atoms with van der Waals surface area (Å²) in [6, 6.07) is 5.59. The Morgan fingerprint density at radius 3 is 2.58 bits per heavy atom. The number of benzene rings is 1. The van der Waals surface area contributed by atoms with Crippen LogP contribution in [0.5, 0.6) is 11.5 Å².